The minimum absolute atomic E-state index is 1.01. The van der Waals surface area contributed by atoms with Crippen LogP contribution in [0, 0.1) is 0 Å². The predicted octanol–water partition coefficient (Wildman–Crippen LogP) is 5.53. The van der Waals surface area contributed by atoms with Gasteiger partial charge >= 0.3 is 0 Å². The number of hydrogen-bond donors (Lipinski definition) is 0. The van der Waals surface area contributed by atoms with Gasteiger partial charge in [0.1, 0.15) is 0 Å². The largest absolute Gasteiger partial charge is 0.0990 e. The van der Waals surface area contributed by atoms with Gasteiger partial charge in [-0.3, -0.25) is 0 Å². The summed E-state index contributed by atoms with van der Waals surface area (Å²) in [7, 11) is 0. The Labute approximate surface area is 106 Å². The van der Waals surface area contributed by atoms with E-state index in [1.54, 1.807) is 6.08 Å². The van der Waals surface area contributed by atoms with Crippen molar-refractivity contribution in [3.63, 3.8) is 0 Å². The molecule has 0 amide bonds. The molecule has 0 unspecified atom stereocenters. The molecule has 0 saturated heterocycles. The molecule has 0 aliphatic rings. The Bertz CT molecular complexity index is 380. The van der Waals surface area contributed by atoms with Crippen LogP contribution in [0.15, 0.2) is 71.9 Å². The minimum Gasteiger partial charge on any atom is -0.0990 e. The van der Waals surface area contributed by atoms with E-state index in [-0.39, 0.29) is 0 Å². The predicted molar refractivity (Wildman–Crippen MR) is 80.0 cm³/mol. The van der Waals surface area contributed by atoms with E-state index < -0.39 is 0 Å². The Balaban J connectivity index is 4.95. The van der Waals surface area contributed by atoms with Gasteiger partial charge in [0.2, 0.25) is 0 Å². The summed E-state index contributed by atoms with van der Waals surface area (Å²) in [6.45, 7) is 16.2. The van der Waals surface area contributed by atoms with Crippen molar-refractivity contribution in [3.05, 3.63) is 71.9 Å². The van der Waals surface area contributed by atoms with Crippen molar-refractivity contribution in [3.8, 4) is 0 Å². The maximum absolute atomic E-state index is 4.09. The lowest BCUT2D eigenvalue weighted by Crippen LogP contribution is -1.83. The first kappa shape index (κ1) is 15.4. The molecule has 92 valence electrons. The molecule has 0 bridgehead atoms. The molecular formula is C17H24. The van der Waals surface area contributed by atoms with E-state index in [0.717, 1.165) is 17.6 Å². The summed E-state index contributed by atoms with van der Waals surface area (Å²) in [5, 5.41) is 0. The Kier molecular flexibility index (Phi) is 7.79. The summed E-state index contributed by atoms with van der Waals surface area (Å²) in [6, 6.07) is 0. The maximum Gasteiger partial charge on any atom is -0.0191 e. The molecule has 17 heavy (non-hydrogen) atoms. The van der Waals surface area contributed by atoms with Crippen molar-refractivity contribution in [2.24, 2.45) is 0 Å². The molecule has 0 aliphatic carbocycles. The molecule has 0 aromatic heterocycles. The second kappa shape index (κ2) is 8.58. The van der Waals surface area contributed by atoms with Crippen LogP contribution >= 0.6 is 0 Å². The van der Waals surface area contributed by atoms with Crippen LogP contribution in [0.1, 0.15) is 34.1 Å². The van der Waals surface area contributed by atoms with Crippen LogP contribution in [0.3, 0.4) is 0 Å². The van der Waals surface area contributed by atoms with Crippen molar-refractivity contribution in [2.75, 3.05) is 0 Å². The van der Waals surface area contributed by atoms with Gasteiger partial charge < -0.3 is 0 Å². The summed E-state index contributed by atoms with van der Waals surface area (Å²) in [4.78, 5) is 0. The number of hydrogen-bond acceptors (Lipinski definition) is 0. The molecule has 0 radical (unpaired) electrons. The van der Waals surface area contributed by atoms with E-state index in [9.17, 15) is 0 Å². The molecule has 0 heteroatoms. The van der Waals surface area contributed by atoms with Crippen LogP contribution in [-0.4, -0.2) is 0 Å². The topological polar surface area (TPSA) is 0 Å². The smallest absolute Gasteiger partial charge is 0.0191 e. The molecule has 0 aromatic carbocycles. The van der Waals surface area contributed by atoms with Crippen molar-refractivity contribution < 1.29 is 0 Å². The number of allylic oxidation sites excluding steroid dienone is 10. The number of rotatable bonds is 6. The normalized spacial score (nSPS) is 12.7. The molecule has 0 rings (SSSR count). The lowest BCUT2D eigenvalue weighted by molar-refractivity contribution is 1.14. The molecule has 0 heterocycles. The molecule has 0 nitrogen and oxygen atoms in total. The first-order valence-corrected chi connectivity index (χ1v) is 6.05. The molecule has 0 N–H and O–H groups in total. The van der Waals surface area contributed by atoms with E-state index in [0.29, 0.717) is 0 Å². The van der Waals surface area contributed by atoms with Gasteiger partial charge in [0.05, 0.1) is 0 Å². The van der Waals surface area contributed by atoms with E-state index in [1.807, 2.05) is 6.08 Å². The molecule has 0 fully saturated rings. The Morgan fingerprint density at radius 3 is 2.24 bits per heavy atom. The molecule has 0 aromatic rings. The summed E-state index contributed by atoms with van der Waals surface area (Å²) < 4.78 is 0. The average molecular weight is 228 g/mol. The van der Waals surface area contributed by atoms with Crippen LogP contribution in [0.2, 0.25) is 0 Å². The van der Waals surface area contributed by atoms with Gasteiger partial charge in [-0.2, -0.15) is 0 Å². The van der Waals surface area contributed by atoms with Crippen LogP contribution in [-0.2, 0) is 0 Å². The SMILES string of the molecule is C=C/C=C(\C=C(C)C)C(=C)/C=C\C(=C/C)CC. The summed E-state index contributed by atoms with van der Waals surface area (Å²) >= 11 is 0. The Morgan fingerprint density at radius 1 is 1.18 bits per heavy atom. The molecule has 0 atom stereocenters. The van der Waals surface area contributed by atoms with E-state index >= 15 is 0 Å². The van der Waals surface area contributed by atoms with Crippen molar-refractivity contribution in [2.45, 2.75) is 34.1 Å². The first-order valence-electron chi connectivity index (χ1n) is 6.05. The third-order valence-corrected chi connectivity index (χ3v) is 2.39. The van der Waals surface area contributed by atoms with Crippen LogP contribution in [0.25, 0.3) is 0 Å². The zero-order valence-electron chi connectivity index (χ0n) is 11.6. The monoisotopic (exact) mass is 228 g/mol. The Morgan fingerprint density at radius 2 is 1.82 bits per heavy atom. The van der Waals surface area contributed by atoms with Gasteiger partial charge in [0.15, 0.2) is 0 Å². The highest BCUT2D eigenvalue weighted by Crippen LogP contribution is 2.15. The van der Waals surface area contributed by atoms with Gasteiger partial charge in [0.25, 0.3) is 0 Å². The minimum atomic E-state index is 1.01. The van der Waals surface area contributed by atoms with Crippen molar-refractivity contribution in [1.82, 2.24) is 0 Å². The summed E-state index contributed by atoms with van der Waals surface area (Å²) in [6.07, 6.45) is 13.3. The van der Waals surface area contributed by atoms with Gasteiger partial charge in [-0.15, -0.1) is 0 Å². The highest BCUT2D eigenvalue weighted by molar-refractivity contribution is 5.48. The Hall–Kier alpha value is -1.56. The van der Waals surface area contributed by atoms with E-state index in [1.165, 1.54) is 11.1 Å². The maximum atomic E-state index is 4.09. The third-order valence-electron chi connectivity index (χ3n) is 2.39. The fourth-order valence-electron chi connectivity index (χ4n) is 1.41. The molecule has 0 spiro atoms. The quantitative estimate of drug-likeness (QED) is 0.524. The van der Waals surface area contributed by atoms with Gasteiger partial charge in [-0.1, -0.05) is 67.7 Å². The van der Waals surface area contributed by atoms with Crippen LogP contribution < -0.4 is 0 Å². The summed E-state index contributed by atoms with van der Waals surface area (Å²) in [5.41, 5.74) is 4.71. The zero-order valence-corrected chi connectivity index (χ0v) is 11.6. The fraction of sp³-hybridized carbons (Fsp3) is 0.294. The zero-order chi connectivity index (χ0) is 13.3. The van der Waals surface area contributed by atoms with Crippen LogP contribution in [0.5, 0.6) is 0 Å². The van der Waals surface area contributed by atoms with E-state index in [2.05, 4.69) is 65.2 Å². The van der Waals surface area contributed by atoms with Crippen molar-refractivity contribution >= 4 is 0 Å². The van der Waals surface area contributed by atoms with Crippen molar-refractivity contribution in [1.29, 1.82) is 0 Å². The average Bonchev–Trinajstić information content (AvgIpc) is 2.29. The first-order chi connectivity index (χ1) is 8.04. The standard InChI is InChI=1S/C17H24/c1-7-10-17(13-14(4)5)15(6)11-12-16(8-2)9-3/h7-8,10-13H,1,6,9H2,2-5H3/b12-11-,16-8-,17-10+. The molecule has 0 aliphatic heterocycles. The second-order valence-corrected chi connectivity index (χ2v) is 4.16. The second-order valence-electron chi connectivity index (χ2n) is 4.16. The lowest BCUT2D eigenvalue weighted by atomic mass is 10.0. The molecular weight excluding hydrogens is 204 g/mol. The fourth-order valence-corrected chi connectivity index (χ4v) is 1.41. The van der Waals surface area contributed by atoms with Gasteiger partial charge in [-0.25, -0.2) is 0 Å². The third kappa shape index (κ3) is 6.57. The molecule has 0 saturated carbocycles. The lowest BCUT2D eigenvalue weighted by Gasteiger charge is -2.03. The summed E-state index contributed by atoms with van der Waals surface area (Å²) in [5.74, 6) is 0. The van der Waals surface area contributed by atoms with E-state index in [4.69, 9.17) is 0 Å². The highest BCUT2D eigenvalue weighted by Gasteiger charge is 1.95. The van der Waals surface area contributed by atoms with Gasteiger partial charge in [-0.05, 0) is 38.3 Å². The van der Waals surface area contributed by atoms with Crippen LogP contribution in [0.4, 0.5) is 0 Å². The van der Waals surface area contributed by atoms with Gasteiger partial charge in [0, 0.05) is 0 Å². The highest BCUT2D eigenvalue weighted by atomic mass is 14.0.